The lowest BCUT2D eigenvalue weighted by Crippen LogP contribution is -2.43. The fourth-order valence-electron chi connectivity index (χ4n) is 2.69. The molecule has 0 aliphatic carbocycles. The van der Waals surface area contributed by atoms with Crippen LogP contribution in [-0.2, 0) is 9.53 Å². The summed E-state index contributed by atoms with van der Waals surface area (Å²) in [5.74, 6) is -3.15. The number of rotatable bonds is 4. The highest BCUT2D eigenvalue weighted by atomic mass is 32.1. The second kappa shape index (κ2) is 8.23. The van der Waals surface area contributed by atoms with Gasteiger partial charge < -0.3 is 10.5 Å². The summed E-state index contributed by atoms with van der Waals surface area (Å²) in [7, 11) is 0. The van der Waals surface area contributed by atoms with Crippen molar-refractivity contribution in [2.45, 2.75) is 13.8 Å². The Balaban J connectivity index is 1.59. The molecule has 10 heteroatoms. The number of carbonyl (C=O) groups excluding carboxylic acids is 3. The summed E-state index contributed by atoms with van der Waals surface area (Å²) in [6, 6.07) is 7.15. The third-order valence-corrected chi connectivity index (χ3v) is 5.06. The van der Waals surface area contributed by atoms with Crippen LogP contribution in [0.4, 0.5) is 10.1 Å². The SMILES string of the molecule is Cc1cc(C)c2c(N)c(C(=O)OCC(=O)NNC(=O)c3ccccc3F)sc2n1. The largest absolute Gasteiger partial charge is 0.451 e. The molecule has 3 aromatic rings. The number of hydrazine groups is 1. The number of aryl methyl sites for hydroxylation is 2. The molecule has 0 saturated carbocycles. The van der Waals surface area contributed by atoms with Crippen LogP contribution in [0.2, 0.25) is 0 Å². The zero-order chi connectivity index (χ0) is 21.1. The molecule has 8 nitrogen and oxygen atoms in total. The molecule has 0 aliphatic rings. The monoisotopic (exact) mass is 416 g/mol. The predicted octanol–water partition coefficient (Wildman–Crippen LogP) is 2.25. The summed E-state index contributed by atoms with van der Waals surface area (Å²) in [5, 5.41) is 0.675. The van der Waals surface area contributed by atoms with Crippen molar-refractivity contribution in [3.8, 4) is 0 Å². The molecule has 3 rings (SSSR count). The van der Waals surface area contributed by atoms with E-state index in [4.69, 9.17) is 10.5 Å². The number of hydrogen-bond acceptors (Lipinski definition) is 7. The fraction of sp³-hybridized carbons (Fsp3) is 0.158. The van der Waals surface area contributed by atoms with Crippen LogP contribution in [0.5, 0.6) is 0 Å². The topological polar surface area (TPSA) is 123 Å². The lowest BCUT2D eigenvalue weighted by atomic mass is 10.1. The maximum atomic E-state index is 13.5. The summed E-state index contributed by atoms with van der Waals surface area (Å²) < 4.78 is 18.5. The number of amides is 2. The molecule has 0 unspecified atom stereocenters. The van der Waals surface area contributed by atoms with Crippen molar-refractivity contribution in [2.75, 3.05) is 12.3 Å². The van der Waals surface area contributed by atoms with E-state index in [0.717, 1.165) is 28.7 Å². The van der Waals surface area contributed by atoms with Crippen molar-refractivity contribution in [3.05, 3.63) is 57.8 Å². The molecule has 0 atom stereocenters. The number of anilines is 1. The Morgan fingerprint density at radius 3 is 2.66 bits per heavy atom. The van der Waals surface area contributed by atoms with Crippen molar-refractivity contribution < 1.29 is 23.5 Å². The van der Waals surface area contributed by atoms with Crippen molar-refractivity contribution in [3.63, 3.8) is 0 Å². The number of halogens is 1. The number of carbonyl (C=O) groups is 3. The first-order valence-corrected chi connectivity index (χ1v) is 9.26. The summed E-state index contributed by atoms with van der Waals surface area (Å²) in [5.41, 5.74) is 11.8. The second-order valence-corrected chi connectivity index (χ2v) is 7.16. The minimum Gasteiger partial charge on any atom is -0.451 e. The molecule has 29 heavy (non-hydrogen) atoms. The molecule has 1 aromatic carbocycles. The van der Waals surface area contributed by atoms with Gasteiger partial charge in [0.1, 0.15) is 15.5 Å². The van der Waals surface area contributed by atoms with Crippen molar-refractivity contribution in [1.82, 2.24) is 15.8 Å². The Kier molecular flexibility index (Phi) is 5.74. The van der Waals surface area contributed by atoms with Gasteiger partial charge in [-0.3, -0.25) is 20.4 Å². The average molecular weight is 416 g/mol. The van der Waals surface area contributed by atoms with E-state index in [2.05, 4.69) is 10.4 Å². The number of nitrogens with one attached hydrogen (secondary N) is 2. The smallest absolute Gasteiger partial charge is 0.351 e. The summed E-state index contributed by atoms with van der Waals surface area (Å²) in [4.78, 5) is 41.1. The van der Waals surface area contributed by atoms with Crippen molar-refractivity contribution in [2.24, 2.45) is 0 Å². The van der Waals surface area contributed by atoms with Gasteiger partial charge in [0, 0.05) is 11.1 Å². The van der Waals surface area contributed by atoms with Gasteiger partial charge in [-0.1, -0.05) is 12.1 Å². The molecule has 2 aromatic heterocycles. The average Bonchev–Trinajstić information content (AvgIpc) is 3.01. The number of nitrogen functional groups attached to an aromatic ring is 1. The first kappa shape index (κ1) is 20.2. The van der Waals surface area contributed by atoms with Crippen LogP contribution in [0.25, 0.3) is 10.2 Å². The molecule has 0 saturated heterocycles. The lowest BCUT2D eigenvalue weighted by molar-refractivity contribution is -0.125. The minimum atomic E-state index is -0.839. The quantitative estimate of drug-likeness (QED) is 0.443. The molecule has 4 N–H and O–H groups in total. The third-order valence-electron chi connectivity index (χ3n) is 3.98. The highest BCUT2D eigenvalue weighted by Crippen LogP contribution is 2.35. The third kappa shape index (κ3) is 4.32. The molecule has 0 bridgehead atoms. The van der Waals surface area contributed by atoms with Crippen LogP contribution < -0.4 is 16.6 Å². The zero-order valence-corrected chi connectivity index (χ0v) is 16.4. The summed E-state index contributed by atoms with van der Waals surface area (Å²) in [6.45, 7) is 3.04. The Hall–Kier alpha value is -3.53. The molecule has 0 aliphatic heterocycles. The molecule has 0 fully saturated rings. The highest BCUT2D eigenvalue weighted by molar-refractivity contribution is 7.21. The van der Waals surface area contributed by atoms with Gasteiger partial charge in [-0.15, -0.1) is 11.3 Å². The molecular formula is C19H17FN4O4S. The maximum Gasteiger partial charge on any atom is 0.351 e. The number of esters is 1. The van der Waals surface area contributed by atoms with Crippen molar-refractivity contribution in [1.29, 1.82) is 0 Å². The van der Waals surface area contributed by atoms with Gasteiger partial charge >= 0.3 is 5.97 Å². The van der Waals surface area contributed by atoms with Gasteiger partial charge in [-0.2, -0.15) is 0 Å². The Morgan fingerprint density at radius 1 is 1.21 bits per heavy atom. The number of thiophene rings is 1. The van der Waals surface area contributed by atoms with Gasteiger partial charge in [0.2, 0.25) is 0 Å². The summed E-state index contributed by atoms with van der Waals surface area (Å²) in [6.07, 6.45) is 0. The first-order chi connectivity index (χ1) is 13.8. The van der Waals surface area contributed by atoms with E-state index < -0.39 is 30.2 Å². The molecular weight excluding hydrogens is 399 g/mol. The van der Waals surface area contributed by atoms with Gasteiger partial charge in [0.05, 0.1) is 11.3 Å². The number of aromatic nitrogens is 1. The number of hydrogen-bond donors (Lipinski definition) is 3. The van der Waals surface area contributed by atoms with Crippen LogP contribution in [-0.4, -0.2) is 29.4 Å². The molecule has 0 spiro atoms. The van der Waals surface area contributed by atoms with Crippen LogP contribution in [0.1, 0.15) is 31.3 Å². The zero-order valence-electron chi connectivity index (χ0n) is 15.5. The first-order valence-electron chi connectivity index (χ1n) is 8.45. The number of fused-ring (bicyclic) bond motifs is 1. The van der Waals surface area contributed by atoms with Crippen molar-refractivity contribution >= 4 is 45.0 Å². The fourth-order valence-corrected chi connectivity index (χ4v) is 3.80. The van der Waals surface area contributed by atoms with E-state index in [1.807, 2.05) is 25.3 Å². The Morgan fingerprint density at radius 2 is 1.93 bits per heavy atom. The van der Waals surface area contributed by atoms with Crippen LogP contribution in [0, 0.1) is 19.7 Å². The van der Waals surface area contributed by atoms with E-state index >= 15 is 0 Å². The van der Waals surface area contributed by atoms with E-state index in [-0.39, 0.29) is 16.1 Å². The highest BCUT2D eigenvalue weighted by Gasteiger charge is 2.21. The maximum absolute atomic E-state index is 13.5. The van der Waals surface area contributed by atoms with Gasteiger partial charge in [-0.05, 0) is 37.6 Å². The Bertz CT molecular complexity index is 1130. The number of nitrogens with two attached hydrogens (primary N) is 1. The molecule has 2 heterocycles. The van der Waals surface area contributed by atoms with Gasteiger partial charge in [-0.25, -0.2) is 14.2 Å². The Labute approximate surface area is 168 Å². The normalized spacial score (nSPS) is 10.6. The van der Waals surface area contributed by atoms with E-state index in [0.29, 0.717) is 10.2 Å². The lowest BCUT2D eigenvalue weighted by Gasteiger charge is -2.08. The van der Waals surface area contributed by atoms with Crippen LogP contribution in [0.3, 0.4) is 0 Å². The predicted molar refractivity (Wildman–Crippen MR) is 106 cm³/mol. The van der Waals surface area contributed by atoms with E-state index in [9.17, 15) is 18.8 Å². The standard InChI is InChI=1S/C19H17FN4O4S/c1-9-7-10(2)22-18-14(9)15(21)16(29-18)19(27)28-8-13(25)23-24-17(26)11-5-3-4-6-12(11)20/h3-7H,8,21H2,1-2H3,(H,23,25)(H,24,26). The molecule has 0 radical (unpaired) electrons. The number of nitrogens with zero attached hydrogens (tertiary/aromatic N) is 1. The van der Waals surface area contributed by atoms with Gasteiger partial charge in [0.15, 0.2) is 6.61 Å². The summed E-state index contributed by atoms with van der Waals surface area (Å²) >= 11 is 1.08. The minimum absolute atomic E-state index is 0.143. The molecule has 150 valence electrons. The van der Waals surface area contributed by atoms with E-state index in [1.165, 1.54) is 18.2 Å². The second-order valence-electron chi connectivity index (χ2n) is 6.16. The number of pyridine rings is 1. The van der Waals surface area contributed by atoms with Gasteiger partial charge in [0.25, 0.3) is 11.8 Å². The van der Waals surface area contributed by atoms with Crippen LogP contribution in [0.15, 0.2) is 30.3 Å². The van der Waals surface area contributed by atoms with Crippen LogP contribution >= 0.6 is 11.3 Å². The molecule has 2 amide bonds. The van der Waals surface area contributed by atoms with E-state index in [1.54, 1.807) is 0 Å². The number of benzene rings is 1. The number of ether oxygens (including phenoxy) is 1.